The minimum atomic E-state index is -0.932. The lowest BCUT2D eigenvalue weighted by Gasteiger charge is -2.26. The fraction of sp³-hybridized carbons (Fsp3) is 0.857. The Kier molecular flexibility index (Phi) is 4.19. The third-order valence-corrected chi connectivity index (χ3v) is 2.57. The van der Waals surface area contributed by atoms with Gasteiger partial charge in [0.2, 0.25) is 0 Å². The van der Waals surface area contributed by atoms with E-state index in [1.165, 1.54) is 0 Å². The van der Waals surface area contributed by atoms with E-state index in [9.17, 15) is 4.79 Å². The van der Waals surface area contributed by atoms with E-state index >= 15 is 0 Å². The second kappa shape index (κ2) is 4.17. The highest BCUT2D eigenvalue weighted by atomic mass is 35.5. The molecule has 1 N–H and O–H groups in total. The molecular formula is C7H12Cl2O2. The molecule has 0 saturated heterocycles. The molecule has 0 amide bonds. The van der Waals surface area contributed by atoms with Gasteiger partial charge >= 0.3 is 5.97 Å². The Hall–Kier alpha value is 0.0500. The lowest BCUT2D eigenvalue weighted by Crippen LogP contribution is -2.34. The van der Waals surface area contributed by atoms with Crippen LogP contribution in [0.2, 0.25) is 0 Å². The number of carboxylic acids is 1. The van der Waals surface area contributed by atoms with Crippen molar-refractivity contribution in [3.8, 4) is 0 Å². The van der Waals surface area contributed by atoms with Crippen molar-refractivity contribution in [1.29, 1.82) is 0 Å². The average molecular weight is 199 g/mol. The molecule has 1 fully saturated rings. The summed E-state index contributed by atoms with van der Waals surface area (Å²) >= 11 is 5.81. The zero-order valence-corrected chi connectivity index (χ0v) is 7.75. The highest BCUT2D eigenvalue weighted by Crippen LogP contribution is 2.33. The Bertz CT molecular complexity index is 141. The fourth-order valence-corrected chi connectivity index (χ4v) is 1.59. The Morgan fingerprint density at radius 2 is 1.73 bits per heavy atom. The largest absolute Gasteiger partial charge is 0.480 e. The van der Waals surface area contributed by atoms with Crippen LogP contribution in [-0.2, 0) is 4.79 Å². The first-order valence-electron chi connectivity index (χ1n) is 3.57. The summed E-state index contributed by atoms with van der Waals surface area (Å²) in [4.78, 5) is 9.61. The molecule has 1 rings (SSSR count). The van der Waals surface area contributed by atoms with Crippen LogP contribution in [0.25, 0.3) is 0 Å². The molecule has 0 aromatic carbocycles. The summed E-state index contributed by atoms with van der Waals surface area (Å²) < 4.78 is 0. The number of aliphatic carboxylic acids is 1. The van der Waals surface area contributed by atoms with Gasteiger partial charge in [-0.15, -0.1) is 24.0 Å². The van der Waals surface area contributed by atoms with Crippen molar-refractivity contribution >= 4 is 30.0 Å². The van der Waals surface area contributed by atoms with Crippen molar-refractivity contribution in [3.05, 3.63) is 0 Å². The van der Waals surface area contributed by atoms with Crippen molar-refractivity contribution < 1.29 is 9.90 Å². The van der Waals surface area contributed by atoms with Crippen LogP contribution in [0.5, 0.6) is 0 Å². The van der Waals surface area contributed by atoms with Crippen LogP contribution >= 0.6 is 24.0 Å². The molecule has 0 spiro atoms. The molecule has 0 bridgehead atoms. The monoisotopic (exact) mass is 198 g/mol. The zero-order valence-electron chi connectivity index (χ0n) is 6.18. The Labute approximate surface area is 77.3 Å². The highest BCUT2D eigenvalue weighted by Gasteiger charge is 2.36. The van der Waals surface area contributed by atoms with E-state index < -0.39 is 10.8 Å². The molecule has 0 atom stereocenters. The summed E-state index contributed by atoms with van der Waals surface area (Å²) in [6, 6.07) is 0. The van der Waals surface area contributed by atoms with Crippen LogP contribution in [0.15, 0.2) is 0 Å². The van der Waals surface area contributed by atoms with Gasteiger partial charge in [0.25, 0.3) is 0 Å². The smallest absolute Gasteiger partial charge is 0.324 e. The van der Waals surface area contributed by atoms with Gasteiger partial charge in [-0.2, -0.15) is 0 Å². The Morgan fingerprint density at radius 3 is 2.00 bits per heavy atom. The van der Waals surface area contributed by atoms with Gasteiger partial charge in [-0.25, -0.2) is 0 Å². The SMILES string of the molecule is Cl.O=C(O)C1(Cl)CCCCC1. The number of halogens is 2. The van der Waals surface area contributed by atoms with E-state index in [4.69, 9.17) is 16.7 Å². The number of hydrogen-bond donors (Lipinski definition) is 1. The molecule has 0 heterocycles. The van der Waals surface area contributed by atoms with Gasteiger partial charge in [-0.3, -0.25) is 4.79 Å². The van der Waals surface area contributed by atoms with Crippen molar-refractivity contribution in [1.82, 2.24) is 0 Å². The molecule has 11 heavy (non-hydrogen) atoms. The second-order valence-electron chi connectivity index (χ2n) is 2.83. The number of carbonyl (C=O) groups is 1. The van der Waals surface area contributed by atoms with E-state index in [0.29, 0.717) is 12.8 Å². The number of carboxylic acid groups (broad SMARTS) is 1. The lowest BCUT2D eigenvalue weighted by atomic mass is 9.88. The van der Waals surface area contributed by atoms with Gasteiger partial charge in [0, 0.05) is 0 Å². The molecule has 4 heteroatoms. The quantitative estimate of drug-likeness (QED) is 0.658. The van der Waals surface area contributed by atoms with Crippen molar-refractivity contribution in [3.63, 3.8) is 0 Å². The van der Waals surface area contributed by atoms with Crippen molar-refractivity contribution in [2.24, 2.45) is 0 Å². The fourth-order valence-electron chi connectivity index (χ4n) is 1.33. The summed E-state index contributed by atoms with van der Waals surface area (Å²) in [5, 5.41) is 8.67. The van der Waals surface area contributed by atoms with Crippen LogP contribution in [0.4, 0.5) is 0 Å². The van der Waals surface area contributed by atoms with E-state index in [1.807, 2.05) is 0 Å². The van der Waals surface area contributed by atoms with Gasteiger partial charge in [0.1, 0.15) is 4.87 Å². The van der Waals surface area contributed by atoms with E-state index in [2.05, 4.69) is 0 Å². The zero-order chi connectivity index (χ0) is 7.61. The first-order valence-corrected chi connectivity index (χ1v) is 3.95. The second-order valence-corrected chi connectivity index (χ2v) is 3.55. The van der Waals surface area contributed by atoms with Crippen LogP contribution in [0.3, 0.4) is 0 Å². The molecule has 0 unspecified atom stereocenters. The molecule has 1 saturated carbocycles. The predicted octanol–water partition coefficient (Wildman–Crippen LogP) is 2.43. The number of rotatable bonds is 1. The molecule has 0 aliphatic heterocycles. The van der Waals surface area contributed by atoms with Gasteiger partial charge < -0.3 is 5.11 Å². The molecule has 1 aliphatic rings. The first-order chi connectivity index (χ1) is 4.65. The van der Waals surface area contributed by atoms with E-state index in [1.54, 1.807) is 0 Å². The molecule has 0 aromatic heterocycles. The van der Waals surface area contributed by atoms with Gasteiger partial charge in [-0.1, -0.05) is 19.3 Å². The van der Waals surface area contributed by atoms with Gasteiger partial charge in [0.05, 0.1) is 0 Å². The van der Waals surface area contributed by atoms with Crippen LogP contribution < -0.4 is 0 Å². The molecule has 2 nitrogen and oxygen atoms in total. The average Bonchev–Trinajstić information content (AvgIpc) is 1.89. The predicted molar refractivity (Wildman–Crippen MR) is 46.6 cm³/mol. The van der Waals surface area contributed by atoms with Crippen LogP contribution in [0, 0.1) is 0 Å². The normalized spacial score (nSPS) is 21.9. The van der Waals surface area contributed by atoms with E-state index in [-0.39, 0.29) is 12.4 Å². The number of alkyl halides is 1. The third kappa shape index (κ3) is 2.53. The summed E-state index contributed by atoms with van der Waals surface area (Å²) in [6.07, 6.45) is 4.29. The molecule has 0 aromatic rings. The topological polar surface area (TPSA) is 37.3 Å². The summed E-state index contributed by atoms with van der Waals surface area (Å²) in [5.74, 6) is -0.853. The minimum absolute atomic E-state index is 0. The maximum atomic E-state index is 10.5. The van der Waals surface area contributed by atoms with Gasteiger partial charge in [-0.05, 0) is 12.8 Å². The number of hydrogen-bond acceptors (Lipinski definition) is 1. The summed E-state index contributed by atoms with van der Waals surface area (Å²) in [5.41, 5.74) is 0. The summed E-state index contributed by atoms with van der Waals surface area (Å²) in [6.45, 7) is 0. The van der Waals surface area contributed by atoms with Crippen LogP contribution in [-0.4, -0.2) is 16.0 Å². The highest BCUT2D eigenvalue weighted by molar-refractivity contribution is 6.33. The minimum Gasteiger partial charge on any atom is -0.480 e. The first kappa shape index (κ1) is 11.1. The molecular weight excluding hydrogens is 187 g/mol. The molecule has 66 valence electrons. The standard InChI is InChI=1S/C7H11ClO2.ClH/c8-7(6(9)10)4-2-1-3-5-7;/h1-5H2,(H,9,10);1H. The van der Waals surface area contributed by atoms with E-state index in [0.717, 1.165) is 19.3 Å². The lowest BCUT2D eigenvalue weighted by molar-refractivity contribution is -0.141. The summed E-state index contributed by atoms with van der Waals surface area (Å²) in [7, 11) is 0. The third-order valence-electron chi connectivity index (χ3n) is 2.03. The Balaban J connectivity index is 0.000001000. The Morgan fingerprint density at radius 1 is 1.27 bits per heavy atom. The maximum Gasteiger partial charge on any atom is 0.324 e. The van der Waals surface area contributed by atoms with Crippen LogP contribution in [0.1, 0.15) is 32.1 Å². The van der Waals surface area contributed by atoms with Crippen molar-refractivity contribution in [2.45, 2.75) is 37.0 Å². The van der Waals surface area contributed by atoms with Crippen molar-refractivity contribution in [2.75, 3.05) is 0 Å². The molecule has 0 radical (unpaired) electrons. The van der Waals surface area contributed by atoms with Gasteiger partial charge in [0.15, 0.2) is 0 Å². The molecule has 1 aliphatic carbocycles. The maximum absolute atomic E-state index is 10.5.